The topological polar surface area (TPSA) is 72.8 Å². The van der Waals surface area contributed by atoms with Crippen LogP contribution in [0.5, 0.6) is 0 Å². The van der Waals surface area contributed by atoms with E-state index in [0.29, 0.717) is 18.4 Å². The van der Waals surface area contributed by atoms with Crippen LogP contribution < -0.4 is 5.32 Å². The third kappa shape index (κ3) is 5.93. The van der Waals surface area contributed by atoms with Gasteiger partial charge in [0.1, 0.15) is 0 Å². The quantitative estimate of drug-likeness (QED) is 0.410. The van der Waals surface area contributed by atoms with Crippen LogP contribution in [0, 0.1) is 17.8 Å². The van der Waals surface area contributed by atoms with Gasteiger partial charge in [-0.15, -0.1) is 0 Å². The number of aliphatic hydroxyl groups excluding tert-OH is 2. The van der Waals surface area contributed by atoms with E-state index in [0.717, 1.165) is 45.1 Å². The van der Waals surface area contributed by atoms with E-state index >= 15 is 0 Å². The van der Waals surface area contributed by atoms with Gasteiger partial charge < -0.3 is 20.4 Å². The third-order valence-corrected chi connectivity index (χ3v) is 5.74. The first-order valence-corrected chi connectivity index (χ1v) is 10.1. The van der Waals surface area contributed by atoms with Crippen LogP contribution in [0.15, 0.2) is 23.8 Å². The number of allylic oxidation sites excluding steroid dienone is 1. The van der Waals surface area contributed by atoms with Crippen LogP contribution in [0.4, 0.5) is 0 Å². The second-order valence-corrected chi connectivity index (χ2v) is 8.08. The highest BCUT2D eigenvalue weighted by Crippen LogP contribution is 2.47. The molecule has 1 saturated carbocycles. The van der Waals surface area contributed by atoms with Crippen LogP contribution in [-0.2, 0) is 4.79 Å². The Hall–Kier alpha value is -1.17. The first kappa shape index (κ1) is 21.1. The monoisotopic (exact) mass is 364 g/mol. The van der Waals surface area contributed by atoms with Gasteiger partial charge in [0.15, 0.2) is 0 Å². The molecule has 5 heteroatoms. The maximum atomic E-state index is 11.6. The molecule has 148 valence electrons. The summed E-state index contributed by atoms with van der Waals surface area (Å²) in [7, 11) is 3.52. The summed E-state index contributed by atoms with van der Waals surface area (Å²) in [6.07, 6.45) is 11.4. The number of carbonyl (C=O) groups excluding carboxylic acids is 1. The van der Waals surface area contributed by atoms with Crippen molar-refractivity contribution < 1.29 is 15.0 Å². The molecule has 2 aliphatic carbocycles. The second-order valence-electron chi connectivity index (χ2n) is 8.08. The number of likely N-dealkylation sites (N-methyl/N-ethyl adjacent to an activating group) is 1. The van der Waals surface area contributed by atoms with Crippen LogP contribution in [0.3, 0.4) is 0 Å². The lowest BCUT2D eigenvalue weighted by atomic mass is 9.89. The molecule has 26 heavy (non-hydrogen) atoms. The molecule has 0 aromatic carbocycles. The number of amides is 1. The highest BCUT2D eigenvalue weighted by Gasteiger charge is 2.43. The molecule has 0 aromatic heterocycles. The molecule has 0 spiro atoms. The maximum absolute atomic E-state index is 11.6. The summed E-state index contributed by atoms with van der Waals surface area (Å²) in [6, 6.07) is 0. The van der Waals surface area contributed by atoms with Gasteiger partial charge in [-0.1, -0.05) is 50.0 Å². The highest BCUT2D eigenvalue weighted by atomic mass is 16.3. The smallest absolute Gasteiger partial charge is 0.236 e. The van der Waals surface area contributed by atoms with Crippen LogP contribution in [0.1, 0.15) is 45.4 Å². The molecule has 2 aliphatic rings. The maximum Gasteiger partial charge on any atom is 0.236 e. The van der Waals surface area contributed by atoms with Crippen molar-refractivity contribution in [3.05, 3.63) is 23.8 Å². The summed E-state index contributed by atoms with van der Waals surface area (Å²) < 4.78 is 0. The van der Waals surface area contributed by atoms with Crippen LogP contribution in [0.2, 0.25) is 0 Å². The van der Waals surface area contributed by atoms with Gasteiger partial charge in [-0.3, -0.25) is 4.79 Å². The fourth-order valence-electron chi connectivity index (χ4n) is 4.18. The minimum atomic E-state index is -0.402. The predicted octanol–water partition coefficient (Wildman–Crippen LogP) is 2.10. The van der Waals surface area contributed by atoms with Crippen molar-refractivity contribution in [3.8, 4) is 0 Å². The molecule has 5 nitrogen and oxygen atoms in total. The van der Waals surface area contributed by atoms with Gasteiger partial charge in [0.25, 0.3) is 0 Å². The molecule has 3 N–H and O–H groups in total. The molecule has 0 radical (unpaired) electrons. The first-order chi connectivity index (χ1) is 12.4. The Balaban J connectivity index is 1.80. The number of carbonyl (C=O) groups is 1. The molecule has 1 fully saturated rings. The molecule has 0 aliphatic heterocycles. The fraction of sp³-hybridized carbons (Fsp3) is 0.762. The zero-order chi connectivity index (χ0) is 19.1. The van der Waals surface area contributed by atoms with Crippen molar-refractivity contribution in [3.63, 3.8) is 0 Å². The van der Waals surface area contributed by atoms with Crippen LogP contribution >= 0.6 is 0 Å². The average Bonchev–Trinajstić information content (AvgIpc) is 3.09. The lowest BCUT2D eigenvalue weighted by molar-refractivity contribution is -0.127. The van der Waals surface area contributed by atoms with Crippen molar-refractivity contribution in [1.82, 2.24) is 10.2 Å². The van der Waals surface area contributed by atoms with Gasteiger partial charge in [0.2, 0.25) is 5.91 Å². The highest BCUT2D eigenvalue weighted by molar-refractivity contribution is 5.77. The summed E-state index contributed by atoms with van der Waals surface area (Å²) in [5.74, 6) is 1.04. The van der Waals surface area contributed by atoms with E-state index in [4.69, 9.17) is 0 Å². The standard InChI is InChI=1S/C21H36N2O3/c1-4-5-6-7-17(24)8-9-18-19-11-15(10-16(19)12-20(18)25)13-22-14-21(26)23(2)3/h8-10,16-20,22,24-25H,4-7,11-14H2,1-3H3/b9-8+/t16-,17-,18+,19-,20+/m0/s1. The fourth-order valence-corrected chi connectivity index (χ4v) is 4.18. The van der Waals surface area contributed by atoms with E-state index in [1.54, 1.807) is 19.0 Å². The molecule has 0 aromatic rings. The van der Waals surface area contributed by atoms with Crippen molar-refractivity contribution in [2.75, 3.05) is 27.2 Å². The molecule has 0 unspecified atom stereocenters. The van der Waals surface area contributed by atoms with Crippen LogP contribution in [0.25, 0.3) is 0 Å². The summed E-state index contributed by atoms with van der Waals surface area (Å²) in [5.41, 5.74) is 1.33. The van der Waals surface area contributed by atoms with E-state index in [1.165, 1.54) is 5.57 Å². The molecular weight excluding hydrogens is 328 g/mol. The number of nitrogens with one attached hydrogen (secondary N) is 1. The summed E-state index contributed by atoms with van der Waals surface area (Å²) in [6.45, 7) is 3.25. The van der Waals surface area contributed by atoms with Gasteiger partial charge in [0.05, 0.1) is 18.8 Å². The molecule has 2 rings (SSSR count). The number of fused-ring (bicyclic) bond motifs is 1. The number of hydrogen-bond donors (Lipinski definition) is 3. The Kier molecular flexibility index (Phi) is 8.32. The zero-order valence-electron chi connectivity index (χ0n) is 16.5. The Morgan fingerprint density at radius 2 is 2.19 bits per heavy atom. The summed E-state index contributed by atoms with van der Waals surface area (Å²) in [4.78, 5) is 13.2. The number of hydrogen-bond acceptors (Lipinski definition) is 4. The summed E-state index contributed by atoms with van der Waals surface area (Å²) in [5, 5.41) is 23.7. The molecule has 0 bridgehead atoms. The van der Waals surface area contributed by atoms with Gasteiger partial charge >= 0.3 is 0 Å². The van der Waals surface area contributed by atoms with Crippen molar-refractivity contribution >= 4 is 5.91 Å². The summed E-state index contributed by atoms with van der Waals surface area (Å²) >= 11 is 0. The molecular formula is C21H36N2O3. The van der Waals surface area contributed by atoms with Crippen LogP contribution in [-0.4, -0.2) is 60.4 Å². The number of aliphatic hydroxyl groups is 2. The minimum absolute atomic E-state index is 0.0806. The SMILES string of the molecule is CCCCC[C@H](O)/C=C/[C@@H]1[C@H]2CC(CNCC(=O)N(C)C)=C[C@H]2C[C@H]1O. The lowest BCUT2D eigenvalue weighted by Gasteiger charge is -2.19. The van der Waals surface area contributed by atoms with E-state index in [-0.39, 0.29) is 17.9 Å². The zero-order valence-corrected chi connectivity index (χ0v) is 16.5. The number of rotatable bonds is 10. The van der Waals surface area contributed by atoms with Crippen molar-refractivity contribution in [1.29, 1.82) is 0 Å². The number of nitrogens with zero attached hydrogens (tertiary/aromatic N) is 1. The van der Waals surface area contributed by atoms with E-state index in [9.17, 15) is 15.0 Å². The van der Waals surface area contributed by atoms with E-state index < -0.39 is 6.10 Å². The van der Waals surface area contributed by atoms with Gasteiger partial charge in [-0.25, -0.2) is 0 Å². The second kappa shape index (κ2) is 10.2. The van der Waals surface area contributed by atoms with E-state index in [1.807, 2.05) is 12.2 Å². The van der Waals surface area contributed by atoms with Crippen molar-refractivity contribution in [2.24, 2.45) is 17.8 Å². The Morgan fingerprint density at radius 1 is 1.42 bits per heavy atom. The largest absolute Gasteiger partial charge is 0.392 e. The normalized spacial score (nSPS) is 29.0. The minimum Gasteiger partial charge on any atom is -0.392 e. The van der Waals surface area contributed by atoms with E-state index in [2.05, 4.69) is 18.3 Å². The Morgan fingerprint density at radius 3 is 2.88 bits per heavy atom. The first-order valence-electron chi connectivity index (χ1n) is 10.1. The third-order valence-electron chi connectivity index (χ3n) is 5.74. The molecule has 5 atom stereocenters. The molecule has 0 saturated heterocycles. The molecule has 1 amide bonds. The molecule has 0 heterocycles. The lowest BCUT2D eigenvalue weighted by Crippen LogP contribution is -2.33. The van der Waals surface area contributed by atoms with Gasteiger partial charge in [0, 0.05) is 26.6 Å². The Bertz CT molecular complexity index is 515. The predicted molar refractivity (Wildman–Crippen MR) is 105 cm³/mol. The van der Waals surface area contributed by atoms with Crippen molar-refractivity contribution in [2.45, 2.75) is 57.7 Å². The van der Waals surface area contributed by atoms with Gasteiger partial charge in [-0.05, 0) is 31.1 Å². The van der Waals surface area contributed by atoms with Gasteiger partial charge in [-0.2, -0.15) is 0 Å². The Labute approximate surface area is 158 Å². The average molecular weight is 365 g/mol. The number of unbranched alkanes of at least 4 members (excludes halogenated alkanes) is 2.